The minimum atomic E-state index is -4.33. The molecule has 2 N–H and O–H groups in total. The predicted molar refractivity (Wildman–Crippen MR) is 110 cm³/mol. The van der Waals surface area contributed by atoms with E-state index in [0.717, 1.165) is 24.3 Å². The highest BCUT2D eigenvalue weighted by Crippen LogP contribution is 2.30. The zero-order valence-corrected chi connectivity index (χ0v) is 16.4. The molecular formula is C22H18ClF2N3O4. The van der Waals surface area contributed by atoms with Crippen LogP contribution in [0, 0.1) is 0 Å². The van der Waals surface area contributed by atoms with Crippen molar-refractivity contribution in [3.05, 3.63) is 69.7 Å². The minimum Gasteiger partial charge on any atom is -0.346 e. The van der Waals surface area contributed by atoms with Crippen molar-refractivity contribution < 1.29 is 44.5 Å². The summed E-state index contributed by atoms with van der Waals surface area (Å²) in [6.45, 7) is -4.99. The third-order valence-electron chi connectivity index (χ3n) is 4.28. The number of benzene rings is 2. The van der Waals surface area contributed by atoms with E-state index in [1.807, 2.05) is 0 Å². The molecule has 10 heteroatoms. The molecule has 2 aromatic rings. The number of nitrogens with one attached hydrogen (secondary N) is 2. The van der Waals surface area contributed by atoms with Crippen LogP contribution < -0.4 is 10.6 Å². The summed E-state index contributed by atoms with van der Waals surface area (Å²) in [6.07, 6.45) is -7.89. The zero-order valence-electron chi connectivity index (χ0n) is 27.6. The van der Waals surface area contributed by atoms with Crippen LogP contribution in [0.4, 0.5) is 8.78 Å². The van der Waals surface area contributed by atoms with E-state index < -0.39 is 112 Å². The molecule has 7 nitrogen and oxygen atoms in total. The van der Waals surface area contributed by atoms with Crippen LogP contribution in [0.25, 0.3) is 0 Å². The second-order valence-electron chi connectivity index (χ2n) is 6.38. The molecule has 2 aliphatic heterocycles. The molecule has 1 fully saturated rings. The lowest BCUT2D eigenvalue weighted by Crippen LogP contribution is -2.52. The average Bonchev–Trinajstić information content (AvgIpc) is 3.16. The molecule has 0 spiro atoms. The molecule has 0 bridgehead atoms. The van der Waals surface area contributed by atoms with E-state index in [1.165, 1.54) is 0 Å². The van der Waals surface area contributed by atoms with Crippen LogP contribution in [-0.4, -0.2) is 34.5 Å². The number of alkyl halides is 2. The van der Waals surface area contributed by atoms with Gasteiger partial charge in [-0.2, -0.15) is 8.78 Å². The molecule has 1 atom stereocenters. The summed E-state index contributed by atoms with van der Waals surface area (Å²) in [5, 5.41) is -1.06. The molecule has 0 aliphatic carbocycles. The number of nitrogens with zero attached hydrogens (tertiary/aromatic N) is 1. The lowest BCUT2D eigenvalue weighted by Gasteiger charge is -2.29. The second kappa shape index (κ2) is 8.31. The first kappa shape index (κ1) is 11.5. The van der Waals surface area contributed by atoms with Gasteiger partial charge in [0.2, 0.25) is 11.8 Å². The van der Waals surface area contributed by atoms with Gasteiger partial charge < -0.3 is 10.2 Å². The van der Waals surface area contributed by atoms with E-state index in [0.29, 0.717) is 0 Å². The Hall–Kier alpha value is -3.33. The number of piperidine rings is 1. The maximum absolute atomic E-state index is 14.9. The Morgan fingerprint density at radius 2 is 2.09 bits per heavy atom. The summed E-state index contributed by atoms with van der Waals surface area (Å²) < 4.78 is 128. The van der Waals surface area contributed by atoms with E-state index in [2.05, 4.69) is 0 Å². The second-order valence-corrected chi connectivity index (χ2v) is 6.82. The number of hydrogen-bond donors (Lipinski definition) is 2. The van der Waals surface area contributed by atoms with E-state index in [4.69, 9.17) is 28.1 Å². The van der Waals surface area contributed by atoms with E-state index in [-0.39, 0.29) is 10.3 Å². The third kappa shape index (κ3) is 4.08. The monoisotopic (exact) mass is 473 g/mol. The van der Waals surface area contributed by atoms with Gasteiger partial charge in [0, 0.05) is 41.0 Å². The molecule has 0 saturated carbocycles. The van der Waals surface area contributed by atoms with Crippen LogP contribution in [-0.2, 0) is 33.3 Å². The Kier molecular flexibility index (Phi) is 2.99. The van der Waals surface area contributed by atoms with Gasteiger partial charge in [-0.3, -0.25) is 24.5 Å². The normalized spacial score (nSPS) is 31.2. The summed E-state index contributed by atoms with van der Waals surface area (Å²) in [4.78, 5) is 50.7. The SMILES string of the molecule is [2H]c1c([2H])c2c(c([2H])c1CN([2H])C(=O)C(F)(F)c1ccc(Cl)cc1)C([2H])([2H])N(C1([2H])C(=O)N([2H])C(=O)C([2H])([2H])C1([2H])[2H])C2=O. The largest absolute Gasteiger partial charge is 0.349 e. The average molecular weight is 474 g/mol. The fourth-order valence-corrected chi connectivity index (χ4v) is 2.85. The summed E-state index contributed by atoms with van der Waals surface area (Å²) >= 11 is 5.67. The van der Waals surface area contributed by atoms with Crippen molar-refractivity contribution in [2.45, 2.75) is 37.7 Å². The summed E-state index contributed by atoms with van der Waals surface area (Å²) in [7, 11) is 0. The van der Waals surface area contributed by atoms with Crippen LogP contribution in [0.5, 0.6) is 0 Å². The van der Waals surface area contributed by atoms with Gasteiger partial charge in [-0.25, -0.2) is 0 Å². The molecule has 166 valence electrons. The molecule has 2 aromatic carbocycles. The highest BCUT2D eigenvalue weighted by molar-refractivity contribution is 6.30. The van der Waals surface area contributed by atoms with Crippen LogP contribution in [0.15, 0.2) is 42.4 Å². The Morgan fingerprint density at radius 1 is 1.38 bits per heavy atom. The lowest BCUT2D eigenvalue weighted by molar-refractivity contribution is -0.147. The predicted octanol–water partition coefficient (Wildman–Crippen LogP) is 2.51. The molecule has 0 radical (unpaired) electrons. The van der Waals surface area contributed by atoms with Gasteiger partial charge in [0.05, 0.1) is 8.22 Å². The maximum Gasteiger partial charge on any atom is 0.349 e. The number of carbonyl (C=O) groups excluding carboxylic acids is 4. The maximum atomic E-state index is 14.9. The topological polar surface area (TPSA) is 95.6 Å². The van der Waals surface area contributed by atoms with Crippen LogP contribution in [0.3, 0.4) is 0 Å². The van der Waals surface area contributed by atoms with E-state index >= 15 is 0 Å². The van der Waals surface area contributed by atoms with Gasteiger partial charge in [-0.1, -0.05) is 35.8 Å². The Labute approximate surface area is 203 Å². The number of rotatable bonds is 5. The smallest absolute Gasteiger partial charge is 0.346 e. The van der Waals surface area contributed by atoms with Crippen molar-refractivity contribution in [1.82, 2.24) is 15.5 Å². The van der Waals surface area contributed by atoms with Crippen molar-refractivity contribution in [2.24, 2.45) is 0 Å². The number of imide groups is 1. The van der Waals surface area contributed by atoms with Crippen molar-refractivity contribution in [3.63, 3.8) is 0 Å². The molecule has 2 heterocycles. The number of amides is 4. The van der Waals surface area contributed by atoms with Crippen molar-refractivity contribution in [1.29, 1.82) is 0 Å². The molecule has 32 heavy (non-hydrogen) atoms. The first-order valence-electron chi connectivity index (χ1n) is 14.6. The molecule has 4 rings (SSSR count). The lowest BCUT2D eigenvalue weighted by atomic mass is 10.0. The standard InChI is InChI=1S/C22H18ClF2N3O4/c23-15-4-2-14(3-5-15)22(24,25)21(32)26-10-12-1-6-16-13(9-12)11-28(20(16)31)17-7-8-18(29)27-19(17)30/h1-6,9,17H,7-8,10-11H2,(H,26,32)(H,27,29,30)/i1D,6D,7D2,8D2,9D,11D2,17D/hD2. The van der Waals surface area contributed by atoms with Crippen molar-refractivity contribution in [3.8, 4) is 0 Å². The third-order valence-corrected chi connectivity index (χ3v) is 4.53. The highest BCUT2D eigenvalue weighted by Gasteiger charge is 2.41. The summed E-state index contributed by atoms with van der Waals surface area (Å²) in [6, 6.07) is -3.88. The quantitative estimate of drug-likeness (QED) is 0.652. The first-order chi connectivity index (χ1) is 19.9. The van der Waals surface area contributed by atoms with Crippen molar-refractivity contribution >= 4 is 35.2 Å². The fraction of sp³-hybridized carbons (Fsp3) is 0.273. The molecule has 0 aromatic heterocycles. The fourth-order valence-electron chi connectivity index (χ4n) is 2.72. The van der Waals surface area contributed by atoms with Crippen LogP contribution in [0.1, 0.15) is 53.5 Å². The first-order valence-corrected chi connectivity index (χ1v) is 9.09. The van der Waals surface area contributed by atoms with Gasteiger partial charge >= 0.3 is 5.92 Å². The Bertz CT molecular complexity index is 1650. The zero-order chi connectivity index (χ0) is 33.7. The van der Waals surface area contributed by atoms with Gasteiger partial charge in [-0.15, -0.1) is 0 Å². The van der Waals surface area contributed by atoms with E-state index in [1.54, 1.807) is 0 Å². The number of halogens is 3. The van der Waals surface area contributed by atoms with Gasteiger partial charge in [0.1, 0.15) is 6.02 Å². The Morgan fingerprint density at radius 3 is 2.81 bits per heavy atom. The van der Waals surface area contributed by atoms with Crippen LogP contribution >= 0.6 is 11.6 Å². The summed E-state index contributed by atoms with van der Waals surface area (Å²) in [5.74, 6) is -12.6. The highest BCUT2D eigenvalue weighted by atomic mass is 35.5. The Balaban J connectivity index is 1.84. The van der Waals surface area contributed by atoms with Crippen LogP contribution in [0.2, 0.25) is 7.85 Å². The van der Waals surface area contributed by atoms with Crippen molar-refractivity contribution in [2.75, 3.05) is 0 Å². The molecule has 1 saturated heterocycles. The molecule has 4 amide bonds. The van der Waals surface area contributed by atoms with Gasteiger partial charge in [0.25, 0.3) is 11.8 Å². The molecule has 1 unspecified atom stereocenters. The number of fused-ring (bicyclic) bond motifs is 1. The van der Waals surface area contributed by atoms with E-state index in [9.17, 15) is 28.0 Å². The number of hydrogen-bond acceptors (Lipinski definition) is 4. The van der Waals surface area contributed by atoms with Gasteiger partial charge in [-0.05, 0) is 35.7 Å². The molecule has 2 aliphatic rings. The number of carbonyl (C=O) groups is 4. The molecular weight excluding hydrogens is 444 g/mol. The summed E-state index contributed by atoms with van der Waals surface area (Å²) in [5.41, 5.74) is -4.12. The minimum absolute atomic E-state index is 0.0621. The van der Waals surface area contributed by atoms with Gasteiger partial charge in [0.15, 0.2) is 2.82 Å².